The van der Waals surface area contributed by atoms with Gasteiger partial charge >= 0.3 is 5.97 Å². The molecule has 0 bridgehead atoms. The predicted octanol–water partition coefficient (Wildman–Crippen LogP) is 4.08. The van der Waals surface area contributed by atoms with Crippen molar-refractivity contribution in [2.24, 2.45) is 5.92 Å². The minimum Gasteiger partial charge on any atom is -0.476 e. The highest BCUT2D eigenvalue weighted by molar-refractivity contribution is 6.29. The van der Waals surface area contributed by atoms with Crippen molar-refractivity contribution < 1.29 is 9.90 Å². The molecule has 10 heteroatoms. The van der Waals surface area contributed by atoms with Gasteiger partial charge in [0.1, 0.15) is 11.2 Å². The van der Waals surface area contributed by atoms with Crippen LogP contribution in [0, 0.1) is 35.5 Å². The molecule has 2 atom stereocenters. The summed E-state index contributed by atoms with van der Waals surface area (Å²) in [6, 6.07) is 11.0. The molecule has 3 aromatic rings. The number of aromatic carboxylic acids is 1. The van der Waals surface area contributed by atoms with E-state index in [4.69, 9.17) is 16.6 Å². The summed E-state index contributed by atoms with van der Waals surface area (Å²) in [4.78, 5) is 26.8. The van der Waals surface area contributed by atoms with Gasteiger partial charge in [0.2, 0.25) is 0 Å². The molecule has 0 spiro atoms. The molecule has 4 rings (SSSR count). The van der Waals surface area contributed by atoms with Crippen LogP contribution in [0.3, 0.4) is 0 Å². The summed E-state index contributed by atoms with van der Waals surface area (Å²) in [6.07, 6.45) is 0.710. The van der Waals surface area contributed by atoms with Gasteiger partial charge in [-0.2, -0.15) is 10.5 Å². The third kappa shape index (κ3) is 4.36. The maximum atomic E-state index is 11.6. The van der Waals surface area contributed by atoms with E-state index < -0.39 is 5.97 Å². The van der Waals surface area contributed by atoms with Crippen LogP contribution in [-0.4, -0.2) is 39.1 Å². The summed E-state index contributed by atoms with van der Waals surface area (Å²) in [5.41, 5.74) is 3.27. The van der Waals surface area contributed by atoms with Crippen LogP contribution >= 0.6 is 11.6 Å². The quantitative estimate of drug-likeness (QED) is 0.538. The lowest BCUT2D eigenvalue weighted by atomic mass is 10.0. The second kappa shape index (κ2) is 8.89. The summed E-state index contributed by atoms with van der Waals surface area (Å²) in [6.45, 7) is 4.93. The van der Waals surface area contributed by atoms with Crippen LogP contribution in [0.25, 0.3) is 11.0 Å². The molecular weight excluding hydrogens is 442 g/mol. The Morgan fingerprint density at radius 2 is 2.09 bits per heavy atom. The molecule has 0 aliphatic carbocycles. The molecule has 33 heavy (non-hydrogen) atoms. The fraction of sp³-hybridized carbons (Fsp3) is 0.304. The van der Waals surface area contributed by atoms with Gasteiger partial charge in [0.25, 0.3) is 0 Å². The van der Waals surface area contributed by atoms with Crippen molar-refractivity contribution in [3.8, 4) is 12.1 Å². The number of pyridine rings is 1. The lowest BCUT2D eigenvalue weighted by Crippen LogP contribution is -2.22. The number of rotatable bonds is 5. The first kappa shape index (κ1) is 22.3. The second-order valence-corrected chi connectivity index (χ2v) is 8.38. The van der Waals surface area contributed by atoms with Crippen LogP contribution in [0.15, 0.2) is 24.3 Å². The second-order valence-electron chi connectivity index (χ2n) is 7.99. The van der Waals surface area contributed by atoms with E-state index in [1.807, 2.05) is 30.9 Å². The number of halogens is 1. The van der Waals surface area contributed by atoms with E-state index in [0.29, 0.717) is 42.0 Å². The highest BCUT2D eigenvalue weighted by Gasteiger charge is 2.27. The Hall–Kier alpha value is -3.95. The molecular formula is C23H20ClN7O2. The van der Waals surface area contributed by atoms with E-state index in [1.165, 1.54) is 6.07 Å². The number of nitrogens with one attached hydrogen (secondary N) is 1. The van der Waals surface area contributed by atoms with Crippen molar-refractivity contribution in [3.05, 3.63) is 51.9 Å². The third-order valence-corrected chi connectivity index (χ3v) is 5.81. The van der Waals surface area contributed by atoms with Crippen molar-refractivity contribution in [3.63, 3.8) is 0 Å². The SMILES string of the molecule is Cc1cc([C@@H](C)Nc2ccc(Cl)nc2C(=O)O)c2nc(N3CC[C@@H](C#N)C3)c(C#N)nc2c1. The van der Waals surface area contributed by atoms with Gasteiger partial charge in [-0.1, -0.05) is 17.7 Å². The topological polar surface area (TPSA) is 139 Å². The first-order valence-corrected chi connectivity index (χ1v) is 10.7. The van der Waals surface area contributed by atoms with Gasteiger partial charge < -0.3 is 15.3 Å². The Morgan fingerprint density at radius 3 is 2.76 bits per heavy atom. The van der Waals surface area contributed by atoms with Crippen LogP contribution in [0.1, 0.15) is 46.7 Å². The average Bonchev–Trinajstić information content (AvgIpc) is 3.27. The molecule has 1 aliphatic rings. The highest BCUT2D eigenvalue weighted by Crippen LogP contribution is 2.32. The number of hydrogen-bond donors (Lipinski definition) is 2. The van der Waals surface area contributed by atoms with Crippen LogP contribution in [-0.2, 0) is 0 Å². The molecule has 0 saturated carbocycles. The number of nitrogens with zero attached hydrogens (tertiary/aromatic N) is 6. The number of carboxylic acid groups (broad SMARTS) is 1. The minimum absolute atomic E-state index is 0.0902. The number of aromatic nitrogens is 3. The van der Waals surface area contributed by atoms with Crippen molar-refractivity contribution >= 4 is 40.1 Å². The number of benzene rings is 1. The van der Waals surface area contributed by atoms with Crippen molar-refractivity contribution in [1.82, 2.24) is 15.0 Å². The van der Waals surface area contributed by atoms with Crippen molar-refractivity contribution in [2.75, 3.05) is 23.3 Å². The molecule has 2 N–H and O–H groups in total. The van der Waals surface area contributed by atoms with Crippen LogP contribution < -0.4 is 10.2 Å². The summed E-state index contributed by atoms with van der Waals surface area (Å²) in [5, 5.41) is 31.7. The molecule has 2 aromatic heterocycles. The normalized spacial score (nSPS) is 16.3. The van der Waals surface area contributed by atoms with Crippen molar-refractivity contribution in [1.29, 1.82) is 10.5 Å². The largest absolute Gasteiger partial charge is 0.476 e. The monoisotopic (exact) mass is 461 g/mol. The fourth-order valence-electron chi connectivity index (χ4n) is 4.03. The molecule has 0 amide bonds. The van der Waals surface area contributed by atoms with E-state index in [0.717, 1.165) is 11.1 Å². The lowest BCUT2D eigenvalue weighted by Gasteiger charge is -2.21. The Balaban J connectivity index is 1.79. The average molecular weight is 462 g/mol. The number of fused-ring (bicyclic) bond motifs is 1. The summed E-state index contributed by atoms with van der Waals surface area (Å²) < 4.78 is 0. The Morgan fingerprint density at radius 1 is 1.30 bits per heavy atom. The molecule has 0 radical (unpaired) electrons. The molecule has 0 unspecified atom stereocenters. The van der Waals surface area contributed by atoms with Crippen LogP contribution in [0.4, 0.5) is 11.5 Å². The van der Waals surface area contributed by atoms with Gasteiger partial charge in [-0.15, -0.1) is 0 Å². The first-order chi connectivity index (χ1) is 15.8. The van der Waals surface area contributed by atoms with E-state index >= 15 is 0 Å². The van der Waals surface area contributed by atoms with E-state index in [2.05, 4.69) is 27.4 Å². The van der Waals surface area contributed by atoms with Crippen LogP contribution in [0.5, 0.6) is 0 Å². The summed E-state index contributed by atoms with van der Waals surface area (Å²) >= 11 is 5.87. The van der Waals surface area contributed by atoms with E-state index in [1.54, 1.807) is 6.07 Å². The van der Waals surface area contributed by atoms with Gasteiger partial charge in [-0.25, -0.2) is 19.7 Å². The van der Waals surface area contributed by atoms with Gasteiger partial charge in [-0.3, -0.25) is 0 Å². The number of nitriles is 2. The molecule has 1 saturated heterocycles. The molecule has 1 aromatic carbocycles. The molecule has 1 fully saturated rings. The smallest absolute Gasteiger partial charge is 0.356 e. The van der Waals surface area contributed by atoms with Gasteiger partial charge in [0, 0.05) is 18.7 Å². The predicted molar refractivity (Wildman–Crippen MR) is 123 cm³/mol. The minimum atomic E-state index is -1.19. The summed E-state index contributed by atoms with van der Waals surface area (Å²) in [7, 11) is 0. The Kier molecular flexibility index (Phi) is 5.99. The Labute approximate surface area is 195 Å². The number of aryl methyl sites for hydroxylation is 1. The maximum Gasteiger partial charge on any atom is 0.356 e. The van der Waals surface area contributed by atoms with Gasteiger partial charge in [0.05, 0.1) is 34.7 Å². The fourth-order valence-corrected chi connectivity index (χ4v) is 4.18. The van der Waals surface area contributed by atoms with Crippen LogP contribution in [0.2, 0.25) is 5.15 Å². The zero-order valence-corrected chi connectivity index (χ0v) is 18.8. The zero-order chi connectivity index (χ0) is 23.7. The Bertz CT molecular complexity index is 1350. The maximum absolute atomic E-state index is 11.6. The lowest BCUT2D eigenvalue weighted by molar-refractivity contribution is 0.0691. The zero-order valence-electron chi connectivity index (χ0n) is 18.0. The molecule has 166 valence electrons. The third-order valence-electron chi connectivity index (χ3n) is 5.60. The van der Waals surface area contributed by atoms with Gasteiger partial charge in [0.15, 0.2) is 17.2 Å². The number of hydrogen-bond acceptors (Lipinski definition) is 8. The summed E-state index contributed by atoms with van der Waals surface area (Å²) in [5.74, 6) is -0.846. The number of anilines is 2. The highest BCUT2D eigenvalue weighted by atomic mass is 35.5. The molecule has 9 nitrogen and oxygen atoms in total. The number of carboxylic acids is 1. The first-order valence-electron chi connectivity index (χ1n) is 10.3. The molecule has 1 aliphatic heterocycles. The standard InChI is InChI=1S/C23H20ClN7O2/c1-12-7-15(13(2)27-16-3-4-19(24)29-21(16)23(32)33)20-17(8-12)28-18(10-26)22(30-20)31-6-5-14(9-25)11-31/h3-4,7-8,13-14,27H,5-6,11H2,1-2H3,(H,32,33)/t13-,14+/m1/s1. The van der Waals surface area contributed by atoms with Gasteiger partial charge in [-0.05, 0) is 44.0 Å². The van der Waals surface area contributed by atoms with Crippen molar-refractivity contribution in [2.45, 2.75) is 26.3 Å². The number of carbonyl (C=O) groups is 1. The van der Waals surface area contributed by atoms with E-state index in [-0.39, 0.29) is 28.5 Å². The molecule has 3 heterocycles. The van der Waals surface area contributed by atoms with E-state index in [9.17, 15) is 20.4 Å².